The van der Waals surface area contributed by atoms with Crippen LogP contribution in [0.5, 0.6) is 0 Å². The molecule has 3 aromatic rings. The van der Waals surface area contributed by atoms with E-state index in [1.807, 2.05) is 54.6 Å². The van der Waals surface area contributed by atoms with Crippen LogP contribution in [0.4, 0.5) is 5.69 Å². The minimum atomic E-state index is 0.767. The van der Waals surface area contributed by atoms with E-state index >= 15 is 0 Å². The third-order valence-corrected chi connectivity index (χ3v) is 3.45. The van der Waals surface area contributed by atoms with Gasteiger partial charge in [0.2, 0.25) is 0 Å². The van der Waals surface area contributed by atoms with Gasteiger partial charge in [0.1, 0.15) is 0 Å². The summed E-state index contributed by atoms with van der Waals surface area (Å²) >= 11 is 6.23. The van der Waals surface area contributed by atoms with Crippen molar-refractivity contribution in [1.82, 2.24) is 0 Å². The average molecular weight is 254 g/mol. The van der Waals surface area contributed by atoms with Crippen molar-refractivity contribution in [1.29, 1.82) is 0 Å². The highest BCUT2D eigenvalue weighted by Crippen LogP contribution is 2.35. The summed E-state index contributed by atoms with van der Waals surface area (Å²) in [6, 6.07) is 19.9. The number of para-hydroxylation sites is 1. The van der Waals surface area contributed by atoms with Crippen LogP contribution in [0.1, 0.15) is 0 Å². The molecule has 0 unspecified atom stereocenters. The smallest absolute Gasteiger partial charge is 0.0484 e. The van der Waals surface area contributed by atoms with Crippen LogP contribution < -0.4 is 5.73 Å². The third kappa shape index (κ3) is 1.73. The first kappa shape index (κ1) is 11.1. The second kappa shape index (κ2) is 4.35. The number of hydrogen-bond acceptors (Lipinski definition) is 1. The monoisotopic (exact) mass is 253 g/mol. The SMILES string of the molecule is Nc1ccccc1-c1ccc(Cl)c2ccccc12. The zero-order chi connectivity index (χ0) is 12.5. The van der Waals surface area contributed by atoms with Gasteiger partial charge in [-0.05, 0) is 23.1 Å². The van der Waals surface area contributed by atoms with Gasteiger partial charge in [0, 0.05) is 21.7 Å². The molecule has 3 aromatic carbocycles. The van der Waals surface area contributed by atoms with Gasteiger partial charge in [0.25, 0.3) is 0 Å². The molecule has 0 fully saturated rings. The molecule has 2 heteroatoms. The van der Waals surface area contributed by atoms with E-state index in [0.29, 0.717) is 0 Å². The van der Waals surface area contributed by atoms with Crippen molar-refractivity contribution in [3.05, 3.63) is 65.7 Å². The molecule has 0 radical (unpaired) electrons. The summed E-state index contributed by atoms with van der Waals surface area (Å²) < 4.78 is 0. The third-order valence-electron chi connectivity index (χ3n) is 3.12. The van der Waals surface area contributed by atoms with Crippen LogP contribution in [0.15, 0.2) is 60.7 Å². The van der Waals surface area contributed by atoms with Crippen molar-refractivity contribution in [2.45, 2.75) is 0 Å². The fraction of sp³-hybridized carbons (Fsp3) is 0. The second-order valence-electron chi connectivity index (χ2n) is 4.23. The molecule has 2 N–H and O–H groups in total. The molecule has 3 rings (SSSR count). The number of rotatable bonds is 1. The summed E-state index contributed by atoms with van der Waals surface area (Å²) in [5, 5.41) is 2.95. The van der Waals surface area contributed by atoms with Crippen molar-refractivity contribution in [3.8, 4) is 11.1 Å². The highest BCUT2D eigenvalue weighted by atomic mass is 35.5. The van der Waals surface area contributed by atoms with Crippen LogP contribution in [0.3, 0.4) is 0 Å². The summed E-state index contributed by atoms with van der Waals surface area (Å²) in [6.07, 6.45) is 0. The van der Waals surface area contributed by atoms with Crippen molar-refractivity contribution < 1.29 is 0 Å². The number of nitrogens with two attached hydrogens (primary N) is 1. The molecule has 0 spiro atoms. The highest BCUT2D eigenvalue weighted by molar-refractivity contribution is 6.36. The quantitative estimate of drug-likeness (QED) is 0.623. The lowest BCUT2D eigenvalue weighted by Gasteiger charge is -2.10. The minimum Gasteiger partial charge on any atom is -0.398 e. The number of benzene rings is 3. The van der Waals surface area contributed by atoms with Gasteiger partial charge in [-0.1, -0.05) is 60.1 Å². The van der Waals surface area contributed by atoms with Gasteiger partial charge in [0.05, 0.1) is 0 Å². The van der Waals surface area contributed by atoms with E-state index in [9.17, 15) is 0 Å². The zero-order valence-corrected chi connectivity index (χ0v) is 10.5. The summed E-state index contributed by atoms with van der Waals surface area (Å²) in [4.78, 5) is 0. The molecular formula is C16H12ClN. The molecule has 0 aliphatic heterocycles. The van der Waals surface area contributed by atoms with Gasteiger partial charge in [-0.15, -0.1) is 0 Å². The molecule has 18 heavy (non-hydrogen) atoms. The van der Waals surface area contributed by atoms with Crippen molar-refractivity contribution >= 4 is 28.1 Å². The Labute approximate surface area is 111 Å². The lowest BCUT2D eigenvalue weighted by Crippen LogP contribution is -1.90. The Kier molecular flexibility index (Phi) is 2.69. The van der Waals surface area contributed by atoms with Crippen LogP contribution in [0, 0.1) is 0 Å². The maximum Gasteiger partial charge on any atom is 0.0484 e. The van der Waals surface area contributed by atoms with Gasteiger partial charge < -0.3 is 5.73 Å². The van der Waals surface area contributed by atoms with Gasteiger partial charge in [-0.3, -0.25) is 0 Å². The molecule has 0 saturated carbocycles. The largest absolute Gasteiger partial charge is 0.398 e. The molecule has 0 aliphatic carbocycles. The minimum absolute atomic E-state index is 0.767. The van der Waals surface area contributed by atoms with E-state index < -0.39 is 0 Å². The molecule has 88 valence electrons. The molecule has 0 saturated heterocycles. The molecule has 1 nitrogen and oxygen atoms in total. The standard InChI is InChI=1S/C16H12ClN/c17-15-10-9-12(11-5-1-2-6-13(11)15)14-7-3-4-8-16(14)18/h1-10H,18H2. The van der Waals surface area contributed by atoms with E-state index in [0.717, 1.165) is 32.6 Å². The Morgan fingerprint density at radius 2 is 1.33 bits per heavy atom. The normalized spacial score (nSPS) is 10.7. The Balaban J connectivity index is 2.38. The van der Waals surface area contributed by atoms with Crippen molar-refractivity contribution in [2.24, 2.45) is 0 Å². The maximum absolute atomic E-state index is 6.23. The second-order valence-corrected chi connectivity index (χ2v) is 4.63. The molecule has 0 heterocycles. The summed E-state index contributed by atoms with van der Waals surface area (Å²) in [7, 11) is 0. The predicted molar refractivity (Wildman–Crippen MR) is 78.8 cm³/mol. The average Bonchev–Trinajstić information content (AvgIpc) is 2.41. The number of halogens is 1. The molecule has 0 aromatic heterocycles. The number of anilines is 1. The lowest BCUT2D eigenvalue weighted by atomic mass is 9.97. The Morgan fingerprint density at radius 3 is 2.11 bits per heavy atom. The van der Waals surface area contributed by atoms with Crippen LogP contribution >= 0.6 is 11.6 Å². The predicted octanol–water partition coefficient (Wildman–Crippen LogP) is 4.74. The van der Waals surface area contributed by atoms with Crippen LogP contribution in [-0.2, 0) is 0 Å². The van der Waals surface area contributed by atoms with E-state index in [4.69, 9.17) is 17.3 Å². The van der Waals surface area contributed by atoms with Gasteiger partial charge in [-0.2, -0.15) is 0 Å². The number of hydrogen-bond donors (Lipinski definition) is 1. The highest BCUT2D eigenvalue weighted by Gasteiger charge is 2.08. The Bertz CT molecular complexity index is 719. The van der Waals surface area contributed by atoms with Crippen LogP contribution in [-0.4, -0.2) is 0 Å². The fourth-order valence-electron chi connectivity index (χ4n) is 2.24. The van der Waals surface area contributed by atoms with Gasteiger partial charge in [-0.25, -0.2) is 0 Å². The first-order chi connectivity index (χ1) is 8.77. The fourth-order valence-corrected chi connectivity index (χ4v) is 2.47. The maximum atomic E-state index is 6.23. The van der Waals surface area contributed by atoms with Crippen LogP contribution in [0.2, 0.25) is 5.02 Å². The van der Waals surface area contributed by atoms with E-state index in [1.54, 1.807) is 0 Å². The first-order valence-corrected chi connectivity index (χ1v) is 6.17. The summed E-state index contributed by atoms with van der Waals surface area (Å²) in [6.45, 7) is 0. The summed E-state index contributed by atoms with van der Waals surface area (Å²) in [5.41, 5.74) is 9.00. The molecule has 0 amide bonds. The topological polar surface area (TPSA) is 26.0 Å². The van der Waals surface area contributed by atoms with Crippen LogP contribution in [0.25, 0.3) is 21.9 Å². The molecular weight excluding hydrogens is 242 g/mol. The van der Waals surface area contributed by atoms with Crippen molar-refractivity contribution in [3.63, 3.8) is 0 Å². The van der Waals surface area contributed by atoms with E-state index in [-0.39, 0.29) is 0 Å². The Morgan fingerprint density at radius 1 is 0.667 bits per heavy atom. The molecule has 0 atom stereocenters. The first-order valence-electron chi connectivity index (χ1n) is 5.79. The molecule has 0 bridgehead atoms. The summed E-state index contributed by atoms with van der Waals surface area (Å²) in [5.74, 6) is 0. The lowest BCUT2D eigenvalue weighted by molar-refractivity contribution is 1.64. The van der Waals surface area contributed by atoms with E-state index in [2.05, 4.69) is 6.07 Å². The van der Waals surface area contributed by atoms with Gasteiger partial charge >= 0.3 is 0 Å². The van der Waals surface area contributed by atoms with Gasteiger partial charge in [0.15, 0.2) is 0 Å². The number of fused-ring (bicyclic) bond motifs is 1. The Hall–Kier alpha value is -1.99. The van der Waals surface area contributed by atoms with E-state index in [1.165, 1.54) is 0 Å². The zero-order valence-electron chi connectivity index (χ0n) is 9.73. The molecule has 0 aliphatic rings. The number of nitrogen functional groups attached to an aromatic ring is 1. The van der Waals surface area contributed by atoms with Crippen molar-refractivity contribution in [2.75, 3.05) is 5.73 Å².